The van der Waals surface area contributed by atoms with E-state index >= 15 is 0 Å². The number of hydrogen-bond donors (Lipinski definition) is 3. The van der Waals surface area contributed by atoms with Crippen molar-refractivity contribution >= 4 is 5.78 Å². The molecule has 0 saturated heterocycles. The molecule has 4 heteroatoms. The fourth-order valence-electron chi connectivity index (χ4n) is 0.395. The van der Waals surface area contributed by atoms with E-state index in [1.165, 1.54) is 6.92 Å². The number of hydrogen-bond acceptors (Lipinski definition) is 4. The van der Waals surface area contributed by atoms with Crippen molar-refractivity contribution in [2.45, 2.75) is 19.1 Å². The van der Waals surface area contributed by atoms with Gasteiger partial charge in [0.15, 0.2) is 5.78 Å². The molecule has 0 aliphatic heterocycles. The highest BCUT2D eigenvalue weighted by molar-refractivity contribution is 5.86. The van der Waals surface area contributed by atoms with Crippen LogP contribution in [0.1, 0.15) is 6.92 Å². The van der Waals surface area contributed by atoms with Gasteiger partial charge in [0.1, 0.15) is 12.2 Å². The minimum Gasteiger partial charge on any atom is -0.386 e. The highest BCUT2D eigenvalue weighted by Crippen LogP contribution is 1.88. The molecule has 0 aliphatic carbocycles. The molecule has 2 unspecified atom stereocenters. The van der Waals surface area contributed by atoms with Gasteiger partial charge in [-0.25, -0.2) is 0 Å². The van der Waals surface area contributed by atoms with Crippen LogP contribution in [0.25, 0.3) is 0 Å². The Morgan fingerprint density at radius 2 is 2.11 bits per heavy atom. The van der Waals surface area contributed by atoms with Crippen LogP contribution in [0.3, 0.4) is 0 Å². The lowest BCUT2D eigenvalue weighted by Crippen LogP contribution is -2.35. The molecule has 54 valence electrons. The molecule has 0 spiro atoms. The Balaban J connectivity index is 3.73. The van der Waals surface area contributed by atoms with E-state index < -0.39 is 18.0 Å². The average molecular weight is 133 g/mol. The van der Waals surface area contributed by atoms with Crippen molar-refractivity contribution in [3.8, 4) is 0 Å². The Morgan fingerprint density at radius 1 is 1.67 bits per heavy atom. The van der Waals surface area contributed by atoms with Crippen LogP contribution < -0.4 is 5.73 Å². The summed E-state index contributed by atoms with van der Waals surface area (Å²) < 4.78 is 0. The maximum Gasteiger partial charge on any atom is 0.190 e. The molecule has 9 heavy (non-hydrogen) atoms. The number of ketones is 1. The molecular weight excluding hydrogens is 122 g/mol. The Bertz CT molecular complexity index is 102. The maximum absolute atomic E-state index is 10.5. The van der Waals surface area contributed by atoms with E-state index in [-0.39, 0.29) is 6.54 Å². The molecule has 4 N–H and O–H groups in total. The molecule has 0 rings (SSSR count). The third-order valence-electron chi connectivity index (χ3n) is 0.963. The van der Waals surface area contributed by atoms with Crippen LogP contribution in [0.2, 0.25) is 0 Å². The topological polar surface area (TPSA) is 83.5 Å². The number of aliphatic hydroxyl groups excluding tert-OH is 2. The van der Waals surface area contributed by atoms with Crippen LogP contribution in [-0.2, 0) is 4.79 Å². The van der Waals surface area contributed by atoms with E-state index in [1.54, 1.807) is 0 Å². The predicted molar refractivity (Wildman–Crippen MR) is 31.7 cm³/mol. The number of carbonyl (C=O) groups is 1. The van der Waals surface area contributed by atoms with Gasteiger partial charge in [-0.3, -0.25) is 4.79 Å². The number of Topliss-reactive ketones (excluding diaryl/α,β-unsaturated/α-hetero) is 1. The first-order chi connectivity index (χ1) is 4.09. The summed E-state index contributed by atoms with van der Waals surface area (Å²) in [5.41, 5.74) is 4.93. The minimum absolute atomic E-state index is 0.135. The van der Waals surface area contributed by atoms with Crippen LogP contribution in [-0.4, -0.2) is 34.7 Å². The molecule has 0 aromatic heterocycles. The second-order valence-electron chi connectivity index (χ2n) is 1.83. The maximum atomic E-state index is 10.5. The van der Waals surface area contributed by atoms with Gasteiger partial charge < -0.3 is 15.9 Å². The van der Waals surface area contributed by atoms with E-state index in [0.717, 1.165) is 0 Å². The monoisotopic (exact) mass is 133 g/mol. The standard InChI is InChI=1S/C5H11NO3/c1-3(7)5(9)4(8)2-6/h3-4,7-8H,2,6H2,1H3. The fourth-order valence-corrected chi connectivity index (χ4v) is 0.395. The first kappa shape index (κ1) is 8.55. The summed E-state index contributed by atoms with van der Waals surface area (Å²) >= 11 is 0. The summed E-state index contributed by atoms with van der Waals surface area (Å²) in [4.78, 5) is 10.5. The van der Waals surface area contributed by atoms with Crippen molar-refractivity contribution in [2.24, 2.45) is 5.73 Å². The number of carbonyl (C=O) groups excluding carboxylic acids is 1. The highest BCUT2D eigenvalue weighted by atomic mass is 16.3. The molecular formula is C5H11NO3. The van der Waals surface area contributed by atoms with E-state index in [0.29, 0.717) is 0 Å². The predicted octanol–water partition coefficient (Wildman–Crippen LogP) is -1.74. The summed E-state index contributed by atoms with van der Waals surface area (Å²) in [5.74, 6) is -0.627. The lowest BCUT2D eigenvalue weighted by molar-refractivity contribution is -0.134. The average Bonchev–Trinajstić information content (AvgIpc) is 1.84. The highest BCUT2D eigenvalue weighted by Gasteiger charge is 2.17. The quantitative estimate of drug-likeness (QED) is 0.426. The third-order valence-corrected chi connectivity index (χ3v) is 0.963. The molecule has 0 aromatic rings. The van der Waals surface area contributed by atoms with E-state index in [9.17, 15) is 4.79 Å². The minimum atomic E-state index is -1.22. The first-order valence-electron chi connectivity index (χ1n) is 2.69. The van der Waals surface area contributed by atoms with Crippen LogP contribution in [0.4, 0.5) is 0 Å². The van der Waals surface area contributed by atoms with Crippen LogP contribution >= 0.6 is 0 Å². The molecule has 0 aliphatic rings. The Hall–Kier alpha value is -0.450. The molecule has 0 saturated carbocycles. The summed E-state index contributed by atoms with van der Waals surface area (Å²) in [6.45, 7) is 1.16. The van der Waals surface area contributed by atoms with Gasteiger partial charge in [-0.1, -0.05) is 0 Å². The zero-order valence-corrected chi connectivity index (χ0v) is 5.24. The van der Waals surface area contributed by atoms with E-state index in [1.807, 2.05) is 0 Å². The van der Waals surface area contributed by atoms with Gasteiger partial charge in [0, 0.05) is 6.54 Å². The summed E-state index contributed by atoms with van der Waals surface area (Å²) in [5, 5.41) is 17.2. The second kappa shape index (κ2) is 3.55. The van der Waals surface area contributed by atoms with Gasteiger partial charge in [-0.2, -0.15) is 0 Å². The Kier molecular flexibility index (Phi) is 3.37. The third kappa shape index (κ3) is 2.55. The van der Waals surface area contributed by atoms with E-state index in [2.05, 4.69) is 0 Å². The molecule has 4 nitrogen and oxygen atoms in total. The van der Waals surface area contributed by atoms with Gasteiger partial charge >= 0.3 is 0 Å². The largest absolute Gasteiger partial charge is 0.386 e. The normalized spacial score (nSPS) is 16.9. The van der Waals surface area contributed by atoms with Crippen molar-refractivity contribution in [3.05, 3.63) is 0 Å². The SMILES string of the molecule is CC(O)C(=O)C(O)CN. The lowest BCUT2D eigenvalue weighted by atomic mass is 10.1. The van der Waals surface area contributed by atoms with Gasteiger partial charge in [-0.15, -0.1) is 0 Å². The zero-order valence-electron chi connectivity index (χ0n) is 5.24. The Morgan fingerprint density at radius 3 is 2.22 bits per heavy atom. The van der Waals surface area contributed by atoms with Crippen molar-refractivity contribution in [3.63, 3.8) is 0 Å². The van der Waals surface area contributed by atoms with Crippen molar-refractivity contribution < 1.29 is 15.0 Å². The molecule has 0 fully saturated rings. The first-order valence-corrected chi connectivity index (χ1v) is 2.69. The van der Waals surface area contributed by atoms with Gasteiger partial charge in [0.05, 0.1) is 0 Å². The van der Waals surface area contributed by atoms with Crippen molar-refractivity contribution in [2.75, 3.05) is 6.54 Å². The Labute approximate surface area is 53.3 Å². The molecule has 0 bridgehead atoms. The van der Waals surface area contributed by atoms with Gasteiger partial charge in [-0.05, 0) is 6.92 Å². The number of rotatable bonds is 3. The zero-order chi connectivity index (χ0) is 7.44. The smallest absolute Gasteiger partial charge is 0.190 e. The van der Waals surface area contributed by atoms with Crippen LogP contribution in [0, 0.1) is 0 Å². The molecule has 2 atom stereocenters. The van der Waals surface area contributed by atoms with Crippen molar-refractivity contribution in [1.29, 1.82) is 0 Å². The second-order valence-corrected chi connectivity index (χ2v) is 1.83. The van der Waals surface area contributed by atoms with Crippen LogP contribution in [0.5, 0.6) is 0 Å². The fraction of sp³-hybridized carbons (Fsp3) is 0.800. The number of nitrogens with two attached hydrogens (primary N) is 1. The number of aliphatic hydroxyl groups is 2. The summed E-state index contributed by atoms with van der Waals surface area (Å²) in [6, 6.07) is 0. The molecule has 0 aromatic carbocycles. The summed E-state index contributed by atoms with van der Waals surface area (Å²) in [7, 11) is 0. The molecule has 0 heterocycles. The lowest BCUT2D eigenvalue weighted by Gasteiger charge is -2.07. The van der Waals surface area contributed by atoms with Gasteiger partial charge in [0.2, 0.25) is 0 Å². The van der Waals surface area contributed by atoms with E-state index in [4.69, 9.17) is 15.9 Å². The van der Waals surface area contributed by atoms with Crippen LogP contribution in [0.15, 0.2) is 0 Å². The van der Waals surface area contributed by atoms with Crippen molar-refractivity contribution in [1.82, 2.24) is 0 Å². The molecule has 0 radical (unpaired) electrons. The van der Waals surface area contributed by atoms with Gasteiger partial charge in [0.25, 0.3) is 0 Å². The summed E-state index contributed by atoms with van der Waals surface area (Å²) in [6.07, 6.45) is -2.34. The molecule has 0 amide bonds.